The van der Waals surface area contributed by atoms with Crippen LogP contribution < -0.4 is 4.72 Å². The minimum Gasteiger partial charge on any atom is -0.598 e. The van der Waals surface area contributed by atoms with Gasteiger partial charge in [0.1, 0.15) is 21.6 Å². The van der Waals surface area contributed by atoms with E-state index in [2.05, 4.69) is 25.6 Å². The van der Waals surface area contributed by atoms with Crippen LogP contribution >= 0.6 is 15.9 Å². The summed E-state index contributed by atoms with van der Waals surface area (Å²) in [6.07, 6.45) is -1.18. The first-order valence-corrected chi connectivity index (χ1v) is 7.60. The number of nitrogens with zero attached hydrogens (tertiary/aromatic N) is 1. The van der Waals surface area contributed by atoms with Crippen LogP contribution in [0.2, 0.25) is 0 Å². The third kappa shape index (κ3) is 4.50. The van der Waals surface area contributed by atoms with Crippen LogP contribution in [0.1, 0.15) is 39.4 Å². The highest BCUT2D eigenvalue weighted by molar-refractivity contribution is 9.10. The molecule has 0 aliphatic heterocycles. The Labute approximate surface area is 119 Å². The van der Waals surface area contributed by atoms with Crippen molar-refractivity contribution in [3.8, 4) is 0 Å². The Morgan fingerprint density at radius 3 is 2.50 bits per heavy atom. The first-order valence-electron chi connectivity index (χ1n) is 5.66. The smallest absolute Gasteiger partial charge is 0.136 e. The highest BCUT2D eigenvalue weighted by Gasteiger charge is 2.32. The van der Waals surface area contributed by atoms with E-state index in [0.717, 1.165) is 0 Å². The Kier molecular flexibility index (Phi) is 5.58. The molecule has 6 heteroatoms. The summed E-state index contributed by atoms with van der Waals surface area (Å²) in [5.41, 5.74) is 0.539. The summed E-state index contributed by atoms with van der Waals surface area (Å²) in [5.74, 6) is 0. The molecule has 0 aliphatic rings. The number of hydrogen-bond acceptors (Lipinski definition) is 3. The molecule has 0 bridgehead atoms. The van der Waals surface area contributed by atoms with Crippen molar-refractivity contribution < 1.29 is 8.94 Å². The average molecular weight is 337 g/mol. The lowest BCUT2D eigenvalue weighted by Gasteiger charge is -2.28. The molecule has 1 aromatic rings. The van der Waals surface area contributed by atoms with E-state index in [-0.39, 0.29) is 0 Å². The molecule has 0 fully saturated rings. The predicted octanol–water partition coefficient (Wildman–Crippen LogP) is 3.30. The number of aromatic nitrogens is 1. The number of pyridine rings is 1. The van der Waals surface area contributed by atoms with Crippen LogP contribution in [0.25, 0.3) is 0 Å². The van der Waals surface area contributed by atoms with Gasteiger partial charge in [-0.2, -0.15) is 0 Å². The number of nitrogens with one attached hydrogen (secondary N) is 1. The fraction of sp³-hybridized carbons (Fsp3) is 0.583. The van der Waals surface area contributed by atoms with Crippen LogP contribution in [0.3, 0.4) is 0 Å². The van der Waals surface area contributed by atoms with Crippen molar-refractivity contribution in [3.05, 3.63) is 28.5 Å². The van der Waals surface area contributed by atoms with Gasteiger partial charge in [-0.15, -0.1) is 4.72 Å². The van der Waals surface area contributed by atoms with Crippen LogP contribution in [-0.4, -0.2) is 20.5 Å². The summed E-state index contributed by atoms with van der Waals surface area (Å²) >= 11 is 1.91. The van der Waals surface area contributed by atoms with Gasteiger partial charge in [-0.3, -0.25) is 0 Å². The molecule has 0 spiro atoms. The van der Waals surface area contributed by atoms with Gasteiger partial charge in [-0.05, 0) is 55.8 Å². The molecule has 1 rings (SSSR count). The molecular formula is C12H18BrFN2OS. The molecule has 1 aromatic heterocycles. The van der Waals surface area contributed by atoms with Crippen molar-refractivity contribution >= 4 is 27.3 Å². The first-order chi connectivity index (χ1) is 8.21. The lowest BCUT2D eigenvalue weighted by Crippen LogP contribution is -2.43. The summed E-state index contributed by atoms with van der Waals surface area (Å²) in [6.45, 7) is 6.94. The lowest BCUT2D eigenvalue weighted by atomic mass is 10.1. The Balaban J connectivity index is 2.91. The quantitative estimate of drug-likeness (QED) is 0.677. The summed E-state index contributed by atoms with van der Waals surface area (Å²) in [6, 6.07) is 4.59. The van der Waals surface area contributed by atoms with Gasteiger partial charge in [0.25, 0.3) is 0 Å². The standard InChI is InChI=1S/C12H18BrFN2OS/c1-8(14)11(16-18(17)12(2,3)4)9-6-5-7-10(13)15-9/h5-8,11,16H,1-4H3/t8?,11-,18?/m1/s1. The minimum atomic E-state index is -1.34. The number of halogens is 2. The average Bonchev–Trinajstić information content (AvgIpc) is 2.23. The zero-order valence-corrected chi connectivity index (χ0v) is 13.3. The third-order valence-electron chi connectivity index (χ3n) is 2.30. The van der Waals surface area contributed by atoms with Gasteiger partial charge < -0.3 is 4.55 Å². The van der Waals surface area contributed by atoms with Crippen LogP contribution in [0.5, 0.6) is 0 Å². The Morgan fingerprint density at radius 2 is 2.06 bits per heavy atom. The largest absolute Gasteiger partial charge is 0.598 e. The second kappa shape index (κ2) is 6.32. The summed E-state index contributed by atoms with van der Waals surface area (Å²) in [4.78, 5) is 4.21. The highest BCUT2D eigenvalue weighted by Crippen LogP contribution is 2.23. The zero-order chi connectivity index (χ0) is 13.9. The number of hydrogen-bond donors (Lipinski definition) is 1. The van der Waals surface area contributed by atoms with Crippen LogP contribution in [-0.2, 0) is 11.4 Å². The maximum atomic E-state index is 13.7. The van der Waals surface area contributed by atoms with Crippen LogP contribution in [0.15, 0.2) is 22.8 Å². The molecule has 18 heavy (non-hydrogen) atoms. The molecule has 0 saturated heterocycles. The zero-order valence-electron chi connectivity index (χ0n) is 10.9. The Bertz CT molecular complexity index is 398. The molecule has 2 unspecified atom stereocenters. The Hall–Kier alpha value is -0.170. The van der Waals surface area contributed by atoms with E-state index in [1.54, 1.807) is 18.2 Å². The van der Waals surface area contributed by atoms with E-state index < -0.39 is 28.3 Å². The number of rotatable bonds is 4. The van der Waals surface area contributed by atoms with E-state index in [4.69, 9.17) is 0 Å². The van der Waals surface area contributed by atoms with Gasteiger partial charge in [0.15, 0.2) is 0 Å². The molecule has 3 atom stereocenters. The van der Waals surface area contributed by atoms with E-state index in [0.29, 0.717) is 10.3 Å². The van der Waals surface area contributed by atoms with Crippen molar-refractivity contribution in [2.75, 3.05) is 0 Å². The van der Waals surface area contributed by atoms with E-state index in [1.807, 2.05) is 20.8 Å². The molecule has 1 N–H and O–H groups in total. The maximum absolute atomic E-state index is 13.7. The molecule has 0 aliphatic carbocycles. The molecule has 0 amide bonds. The monoisotopic (exact) mass is 336 g/mol. The predicted molar refractivity (Wildman–Crippen MR) is 76.3 cm³/mol. The van der Waals surface area contributed by atoms with E-state index in [1.165, 1.54) is 6.92 Å². The normalized spacial score (nSPS) is 17.3. The molecule has 3 nitrogen and oxygen atoms in total. The van der Waals surface area contributed by atoms with Crippen molar-refractivity contribution in [2.45, 2.75) is 44.7 Å². The molecular weight excluding hydrogens is 319 g/mol. The highest BCUT2D eigenvalue weighted by atomic mass is 79.9. The fourth-order valence-electron chi connectivity index (χ4n) is 1.28. The van der Waals surface area contributed by atoms with Gasteiger partial charge in [0, 0.05) is 11.4 Å². The molecule has 0 saturated carbocycles. The molecule has 102 valence electrons. The summed E-state index contributed by atoms with van der Waals surface area (Å²) < 4.78 is 28.7. The van der Waals surface area contributed by atoms with Gasteiger partial charge in [0.05, 0.1) is 5.69 Å². The number of alkyl halides is 1. The van der Waals surface area contributed by atoms with Gasteiger partial charge in [-0.25, -0.2) is 9.37 Å². The fourth-order valence-corrected chi connectivity index (χ4v) is 2.53. The van der Waals surface area contributed by atoms with Crippen molar-refractivity contribution in [3.63, 3.8) is 0 Å². The second-order valence-electron chi connectivity index (χ2n) is 5.04. The van der Waals surface area contributed by atoms with E-state index >= 15 is 0 Å². The summed E-state index contributed by atoms with van der Waals surface area (Å²) in [5, 5.41) is 0. The maximum Gasteiger partial charge on any atom is 0.136 e. The van der Waals surface area contributed by atoms with Crippen LogP contribution in [0.4, 0.5) is 4.39 Å². The van der Waals surface area contributed by atoms with Gasteiger partial charge in [0.2, 0.25) is 0 Å². The first kappa shape index (κ1) is 15.9. The van der Waals surface area contributed by atoms with Gasteiger partial charge in [-0.1, -0.05) is 6.07 Å². The van der Waals surface area contributed by atoms with E-state index in [9.17, 15) is 8.94 Å². The Morgan fingerprint density at radius 1 is 1.44 bits per heavy atom. The van der Waals surface area contributed by atoms with Crippen molar-refractivity contribution in [1.82, 2.24) is 9.71 Å². The van der Waals surface area contributed by atoms with Gasteiger partial charge >= 0.3 is 0 Å². The molecule has 1 heterocycles. The SMILES string of the molecule is CC(F)[C@@H](N[S+]([O-])C(C)(C)C)c1cccc(Br)n1. The van der Waals surface area contributed by atoms with Crippen molar-refractivity contribution in [1.29, 1.82) is 0 Å². The summed E-state index contributed by atoms with van der Waals surface area (Å²) in [7, 11) is 0. The van der Waals surface area contributed by atoms with Crippen molar-refractivity contribution in [2.24, 2.45) is 0 Å². The molecule has 0 aromatic carbocycles. The van der Waals surface area contributed by atoms with Crippen LogP contribution in [0, 0.1) is 0 Å². The molecule has 0 radical (unpaired) electrons. The topological polar surface area (TPSA) is 48.0 Å². The lowest BCUT2D eigenvalue weighted by molar-refractivity contribution is 0.289. The second-order valence-corrected chi connectivity index (χ2v) is 7.85. The third-order valence-corrected chi connectivity index (χ3v) is 4.33. The minimum absolute atomic E-state index is 0.445.